The van der Waals surface area contributed by atoms with Crippen molar-refractivity contribution in [2.24, 2.45) is 0 Å². The molecule has 184 valence electrons. The lowest BCUT2D eigenvalue weighted by Crippen LogP contribution is -2.44. The molecule has 1 amide bonds. The van der Waals surface area contributed by atoms with Crippen LogP contribution in [0.2, 0.25) is 0 Å². The Morgan fingerprint density at radius 1 is 1.09 bits per heavy atom. The summed E-state index contributed by atoms with van der Waals surface area (Å²) >= 11 is 0. The Kier molecular flexibility index (Phi) is 7.01. The molecule has 1 fully saturated rings. The quantitative estimate of drug-likeness (QED) is 0.585. The molecule has 34 heavy (non-hydrogen) atoms. The maximum Gasteiger partial charge on any atom is 0.251 e. The van der Waals surface area contributed by atoms with E-state index in [-0.39, 0.29) is 40.4 Å². The normalized spacial score (nSPS) is 16.9. The molecule has 1 saturated heterocycles. The standard InChI is InChI=1S/C24H30N2O7S/c1-16(2)26-34(28,29)22-12-17(4-6-20(22)30-3)23(27)25-14-24(8-10-31-11-9-24)18-5-7-19-21(13-18)33-15-32-19/h4-7,12-13,16,26H,8-11,14-15H2,1-3H3,(H,25,27). The van der Waals surface area contributed by atoms with Crippen LogP contribution in [0, 0.1) is 0 Å². The molecule has 2 heterocycles. The number of amides is 1. The molecule has 0 spiro atoms. The molecule has 2 N–H and O–H groups in total. The van der Waals surface area contributed by atoms with Gasteiger partial charge in [0.05, 0.1) is 7.11 Å². The molecule has 0 bridgehead atoms. The highest BCUT2D eigenvalue weighted by Crippen LogP contribution is 2.40. The maximum atomic E-state index is 13.1. The molecule has 4 rings (SSSR count). The van der Waals surface area contributed by atoms with Gasteiger partial charge in [-0.15, -0.1) is 0 Å². The maximum absolute atomic E-state index is 13.1. The van der Waals surface area contributed by atoms with Crippen molar-refractivity contribution in [3.05, 3.63) is 47.5 Å². The van der Waals surface area contributed by atoms with E-state index in [1.54, 1.807) is 19.9 Å². The molecule has 9 nitrogen and oxygen atoms in total. The van der Waals surface area contributed by atoms with Crippen LogP contribution in [0.5, 0.6) is 17.2 Å². The second-order valence-electron chi connectivity index (χ2n) is 8.79. The number of ether oxygens (including phenoxy) is 4. The molecule has 0 atom stereocenters. The fourth-order valence-electron chi connectivity index (χ4n) is 4.31. The predicted molar refractivity (Wildman–Crippen MR) is 125 cm³/mol. The lowest BCUT2D eigenvalue weighted by atomic mass is 9.74. The first-order valence-corrected chi connectivity index (χ1v) is 12.7. The molecule has 2 aliphatic heterocycles. The number of benzene rings is 2. The van der Waals surface area contributed by atoms with E-state index >= 15 is 0 Å². The van der Waals surface area contributed by atoms with Crippen molar-refractivity contribution in [1.29, 1.82) is 0 Å². The number of methoxy groups -OCH3 is 1. The minimum atomic E-state index is -3.85. The Labute approximate surface area is 199 Å². The topological polar surface area (TPSA) is 112 Å². The van der Waals surface area contributed by atoms with Gasteiger partial charge in [0, 0.05) is 36.8 Å². The zero-order valence-corrected chi connectivity index (χ0v) is 20.4. The van der Waals surface area contributed by atoms with Gasteiger partial charge in [0.15, 0.2) is 11.5 Å². The summed E-state index contributed by atoms with van der Waals surface area (Å²) in [6.45, 7) is 5.17. The Morgan fingerprint density at radius 2 is 1.82 bits per heavy atom. The number of rotatable bonds is 8. The van der Waals surface area contributed by atoms with Crippen LogP contribution in [-0.4, -0.2) is 54.0 Å². The van der Waals surface area contributed by atoms with Gasteiger partial charge < -0.3 is 24.3 Å². The zero-order valence-electron chi connectivity index (χ0n) is 19.6. The zero-order chi connectivity index (χ0) is 24.3. The van der Waals surface area contributed by atoms with E-state index in [1.165, 1.54) is 19.2 Å². The highest BCUT2D eigenvalue weighted by Gasteiger charge is 2.36. The van der Waals surface area contributed by atoms with Crippen molar-refractivity contribution >= 4 is 15.9 Å². The van der Waals surface area contributed by atoms with Crippen LogP contribution < -0.4 is 24.2 Å². The molecule has 0 radical (unpaired) electrons. The minimum Gasteiger partial charge on any atom is -0.495 e. The summed E-state index contributed by atoms with van der Waals surface area (Å²) in [6, 6.07) is 9.94. The monoisotopic (exact) mass is 490 g/mol. The average Bonchev–Trinajstić information content (AvgIpc) is 3.30. The molecular weight excluding hydrogens is 460 g/mol. The first kappa shape index (κ1) is 24.3. The lowest BCUT2D eigenvalue weighted by molar-refractivity contribution is 0.0486. The Balaban J connectivity index is 1.57. The van der Waals surface area contributed by atoms with E-state index < -0.39 is 10.0 Å². The van der Waals surface area contributed by atoms with Crippen molar-refractivity contribution in [3.63, 3.8) is 0 Å². The summed E-state index contributed by atoms with van der Waals surface area (Å²) in [6.07, 6.45) is 1.46. The van der Waals surface area contributed by atoms with Crippen molar-refractivity contribution in [2.45, 2.75) is 43.0 Å². The first-order chi connectivity index (χ1) is 16.2. The second-order valence-corrected chi connectivity index (χ2v) is 10.5. The summed E-state index contributed by atoms with van der Waals surface area (Å²) in [5, 5.41) is 3.01. The molecular formula is C24H30N2O7S. The SMILES string of the molecule is COc1ccc(C(=O)NCC2(c3ccc4c(c3)OCO4)CCOCC2)cc1S(=O)(=O)NC(C)C. The summed E-state index contributed by atoms with van der Waals surface area (Å²) in [7, 11) is -2.46. The Hall–Kier alpha value is -2.82. The first-order valence-electron chi connectivity index (χ1n) is 11.2. The van der Waals surface area contributed by atoms with E-state index in [1.807, 2.05) is 18.2 Å². The molecule has 0 aliphatic carbocycles. The number of fused-ring (bicyclic) bond motifs is 1. The molecule has 0 aromatic heterocycles. The van der Waals surface area contributed by atoms with Crippen molar-refractivity contribution in [2.75, 3.05) is 33.7 Å². The van der Waals surface area contributed by atoms with Crippen LogP contribution in [0.4, 0.5) is 0 Å². The van der Waals surface area contributed by atoms with Gasteiger partial charge in [0.25, 0.3) is 5.91 Å². The Morgan fingerprint density at radius 3 is 2.53 bits per heavy atom. The number of hydrogen-bond acceptors (Lipinski definition) is 7. The van der Waals surface area contributed by atoms with Gasteiger partial charge in [0.1, 0.15) is 10.6 Å². The van der Waals surface area contributed by atoms with Crippen molar-refractivity contribution in [3.8, 4) is 17.2 Å². The summed E-state index contributed by atoms with van der Waals surface area (Å²) < 4.78 is 49.9. The molecule has 2 aromatic carbocycles. The van der Waals surface area contributed by atoms with Gasteiger partial charge in [-0.3, -0.25) is 4.79 Å². The molecule has 10 heteroatoms. The van der Waals surface area contributed by atoms with Gasteiger partial charge in [0.2, 0.25) is 16.8 Å². The smallest absolute Gasteiger partial charge is 0.251 e. The van der Waals surface area contributed by atoms with Gasteiger partial charge in [-0.2, -0.15) is 0 Å². The second kappa shape index (κ2) is 9.81. The fraction of sp³-hybridized carbons (Fsp3) is 0.458. The van der Waals surface area contributed by atoms with Crippen LogP contribution in [0.15, 0.2) is 41.3 Å². The van der Waals surface area contributed by atoms with Crippen LogP contribution in [-0.2, 0) is 20.2 Å². The van der Waals surface area contributed by atoms with Crippen LogP contribution in [0.3, 0.4) is 0 Å². The van der Waals surface area contributed by atoms with Crippen LogP contribution in [0.1, 0.15) is 42.6 Å². The van der Waals surface area contributed by atoms with Gasteiger partial charge in [-0.1, -0.05) is 6.07 Å². The summed E-state index contributed by atoms with van der Waals surface area (Å²) in [4.78, 5) is 13.0. The summed E-state index contributed by atoms with van der Waals surface area (Å²) in [5.41, 5.74) is 0.937. The predicted octanol–water partition coefficient (Wildman–Crippen LogP) is 2.59. The van der Waals surface area contributed by atoms with Gasteiger partial charge in [-0.25, -0.2) is 13.1 Å². The number of carbonyl (C=O) groups is 1. The highest BCUT2D eigenvalue weighted by atomic mass is 32.2. The fourth-order valence-corrected chi connectivity index (χ4v) is 5.76. The molecule has 0 saturated carbocycles. The highest BCUT2D eigenvalue weighted by molar-refractivity contribution is 7.89. The third-order valence-electron chi connectivity index (χ3n) is 6.13. The van der Waals surface area contributed by atoms with Gasteiger partial charge >= 0.3 is 0 Å². The number of carbonyl (C=O) groups excluding carboxylic acids is 1. The van der Waals surface area contributed by atoms with E-state index in [4.69, 9.17) is 18.9 Å². The number of nitrogens with one attached hydrogen (secondary N) is 2. The third kappa shape index (κ3) is 4.98. The lowest BCUT2D eigenvalue weighted by Gasteiger charge is -2.38. The van der Waals surface area contributed by atoms with Crippen molar-refractivity contribution < 1.29 is 32.2 Å². The molecule has 2 aliphatic rings. The minimum absolute atomic E-state index is 0.0760. The van der Waals surface area contributed by atoms with Crippen LogP contribution in [0.25, 0.3) is 0 Å². The number of hydrogen-bond donors (Lipinski definition) is 2. The molecule has 0 unspecified atom stereocenters. The number of sulfonamides is 1. The van der Waals surface area contributed by atoms with E-state index in [0.29, 0.717) is 31.3 Å². The van der Waals surface area contributed by atoms with E-state index in [2.05, 4.69) is 10.0 Å². The Bertz CT molecular complexity index is 1160. The van der Waals surface area contributed by atoms with Gasteiger partial charge in [-0.05, 0) is 62.6 Å². The molecule has 2 aromatic rings. The van der Waals surface area contributed by atoms with E-state index in [0.717, 1.165) is 18.4 Å². The van der Waals surface area contributed by atoms with Crippen LogP contribution >= 0.6 is 0 Å². The summed E-state index contributed by atoms with van der Waals surface area (Å²) in [5.74, 6) is 1.20. The largest absolute Gasteiger partial charge is 0.495 e. The van der Waals surface area contributed by atoms with Crippen molar-refractivity contribution in [1.82, 2.24) is 10.0 Å². The average molecular weight is 491 g/mol. The van der Waals surface area contributed by atoms with E-state index in [9.17, 15) is 13.2 Å². The third-order valence-corrected chi connectivity index (χ3v) is 7.81.